The molecule has 154 valence electrons. The van der Waals surface area contributed by atoms with Crippen molar-refractivity contribution in [2.24, 2.45) is 0 Å². The minimum absolute atomic E-state index is 0.0516. The van der Waals surface area contributed by atoms with Gasteiger partial charge in [0.25, 0.3) is 0 Å². The van der Waals surface area contributed by atoms with E-state index in [0.717, 1.165) is 29.7 Å². The molecule has 0 spiro atoms. The normalized spacial score (nSPS) is 19.6. The first-order valence-electron chi connectivity index (χ1n) is 9.91. The second-order valence-electron chi connectivity index (χ2n) is 8.43. The maximum Gasteiger partial charge on any atom is 0.407 e. The van der Waals surface area contributed by atoms with Gasteiger partial charge in [0.05, 0.1) is 0 Å². The molecule has 0 aromatic heterocycles. The van der Waals surface area contributed by atoms with Crippen LogP contribution in [-0.2, 0) is 4.74 Å². The van der Waals surface area contributed by atoms with Crippen molar-refractivity contribution in [3.63, 3.8) is 0 Å². The summed E-state index contributed by atoms with van der Waals surface area (Å²) in [5.74, 6) is 1.11. The zero-order valence-corrected chi connectivity index (χ0v) is 17.2. The predicted molar refractivity (Wildman–Crippen MR) is 113 cm³/mol. The lowest BCUT2D eigenvalue weighted by atomic mass is 9.89. The molecule has 3 rings (SSSR count). The van der Waals surface area contributed by atoms with E-state index in [2.05, 4.69) is 11.9 Å². The molecule has 2 aromatic rings. The molecule has 2 aromatic carbocycles. The summed E-state index contributed by atoms with van der Waals surface area (Å²) in [5.41, 5.74) is 1.69. The number of nitrogens with one attached hydrogen (secondary N) is 1. The third kappa shape index (κ3) is 5.76. The monoisotopic (exact) mass is 395 g/mol. The quantitative estimate of drug-likeness (QED) is 0.664. The van der Waals surface area contributed by atoms with Crippen LogP contribution in [0.5, 0.6) is 11.5 Å². The smallest absolute Gasteiger partial charge is 0.407 e. The lowest BCUT2D eigenvalue weighted by molar-refractivity contribution is 0.0363. The maximum atomic E-state index is 11.8. The highest BCUT2D eigenvalue weighted by atomic mass is 16.6. The highest BCUT2D eigenvalue weighted by molar-refractivity contribution is 5.68. The molecule has 1 unspecified atom stereocenters. The minimum Gasteiger partial charge on any atom is -0.508 e. The van der Waals surface area contributed by atoms with E-state index in [1.54, 1.807) is 12.1 Å². The van der Waals surface area contributed by atoms with E-state index in [0.29, 0.717) is 0 Å². The van der Waals surface area contributed by atoms with Gasteiger partial charge in [0, 0.05) is 24.8 Å². The van der Waals surface area contributed by atoms with Gasteiger partial charge >= 0.3 is 6.09 Å². The Morgan fingerprint density at radius 3 is 2.17 bits per heavy atom. The Morgan fingerprint density at radius 1 is 1.10 bits per heavy atom. The molecule has 1 atom stereocenters. The highest BCUT2D eigenvalue weighted by Gasteiger charge is 2.33. The standard InChI is InChI=1S/C24H29NO4/c1-5-22(16-6-10-19(26)11-7-16)17-8-12-20(13-9-17)28-21-14-18(15-21)25-23(27)29-24(2,3)4/h5-13,18,21-22,26H,1,14-15H2,2-4H3,(H,25,27). The van der Waals surface area contributed by atoms with Gasteiger partial charge in [-0.05, 0) is 56.2 Å². The van der Waals surface area contributed by atoms with Crippen LogP contribution in [0, 0.1) is 0 Å². The van der Waals surface area contributed by atoms with Crippen LogP contribution in [0.4, 0.5) is 4.79 Å². The van der Waals surface area contributed by atoms with Crippen molar-refractivity contribution in [3.05, 3.63) is 72.3 Å². The van der Waals surface area contributed by atoms with E-state index < -0.39 is 5.60 Å². The van der Waals surface area contributed by atoms with Crippen molar-refractivity contribution in [1.82, 2.24) is 5.32 Å². The van der Waals surface area contributed by atoms with Gasteiger partial charge in [-0.3, -0.25) is 0 Å². The average Bonchev–Trinajstić information content (AvgIpc) is 2.62. The van der Waals surface area contributed by atoms with E-state index in [1.807, 2.05) is 63.2 Å². The summed E-state index contributed by atoms with van der Waals surface area (Å²) < 4.78 is 11.3. The molecule has 2 N–H and O–H groups in total. The van der Waals surface area contributed by atoms with Gasteiger partial charge in [0.1, 0.15) is 23.2 Å². The Labute approximate surface area is 172 Å². The van der Waals surface area contributed by atoms with Crippen LogP contribution in [0.2, 0.25) is 0 Å². The first kappa shape index (κ1) is 20.8. The summed E-state index contributed by atoms with van der Waals surface area (Å²) in [4.78, 5) is 11.8. The fourth-order valence-electron chi connectivity index (χ4n) is 3.35. The molecule has 0 aliphatic heterocycles. The topological polar surface area (TPSA) is 67.8 Å². The molecule has 29 heavy (non-hydrogen) atoms. The van der Waals surface area contributed by atoms with Gasteiger partial charge in [-0.15, -0.1) is 6.58 Å². The van der Waals surface area contributed by atoms with Crippen molar-refractivity contribution in [1.29, 1.82) is 0 Å². The third-order valence-electron chi connectivity index (χ3n) is 4.85. The molecular weight excluding hydrogens is 366 g/mol. The number of phenols is 1. The van der Waals surface area contributed by atoms with E-state index in [9.17, 15) is 9.90 Å². The molecular formula is C24H29NO4. The maximum absolute atomic E-state index is 11.8. The molecule has 1 amide bonds. The first-order valence-corrected chi connectivity index (χ1v) is 9.91. The zero-order chi connectivity index (χ0) is 21.0. The molecule has 1 saturated carbocycles. The van der Waals surface area contributed by atoms with Gasteiger partial charge in [0.2, 0.25) is 0 Å². The molecule has 1 aliphatic rings. The fraction of sp³-hybridized carbons (Fsp3) is 0.375. The number of carbonyl (C=O) groups excluding carboxylic acids is 1. The van der Waals surface area contributed by atoms with Crippen LogP contribution in [0.25, 0.3) is 0 Å². The molecule has 0 radical (unpaired) electrons. The number of amides is 1. The number of aromatic hydroxyl groups is 1. The van der Waals surface area contributed by atoms with Gasteiger partial charge < -0.3 is 19.9 Å². The molecule has 5 heteroatoms. The summed E-state index contributed by atoms with van der Waals surface area (Å²) >= 11 is 0. The molecule has 1 fully saturated rings. The third-order valence-corrected chi connectivity index (χ3v) is 4.85. The molecule has 0 heterocycles. The van der Waals surface area contributed by atoms with Gasteiger partial charge in [-0.2, -0.15) is 0 Å². The van der Waals surface area contributed by atoms with E-state index >= 15 is 0 Å². The number of phenolic OH excluding ortho intramolecular Hbond substituents is 1. The lowest BCUT2D eigenvalue weighted by Gasteiger charge is -2.36. The number of rotatable bonds is 6. The summed E-state index contributed by atoms with van der Waals surface area (Å²) in [5, 5.41) is 12.3. The lowest BCUT2D eigenvalue weighted by Crippen LogP contribution is -2.50. The largest absolute Gasteiger partial charge is 0.508 e. The number of hydrogen-bond acceptors (Lipinski definition) is 4. The summed E-state index contributed by atoms with van der Waals surface area (Å²) in [6, 6.07) is 15.2. The summed E-state index contributed by atoms with van der Waals surface area (Å²) in [6.45, 7) is 9.49. The van der Waals surface area contributed by atoms with Crippen LogP contribution in [0.15, 0.2) is 61.2 Å². The van der Waals surface area contributed by atoms with Crippen molar-refractivity contribution in [2.45, 2.75) is 57.3 Å². The summed E-state index contributed by atoms with van der Waals surface area (Å²) in [6.07, 6.45) is 3.14. The number of allylic oxidation sites excluding steroid dienone is 1. The number of ether oxygens (including phenoxy) is 2. The van der Waals surface area contributed by atoms with Crippen molar-refractivity contribution >= 4 is 6.09 Å². The number of benzene rings is 2. The predicted octanol–water partition coefficient (Wildman–Crippen LogP) is 5.14. The number of carbonyl (C=O) groups is 1. The Kier molecular flexibility index (Phi) is 6.16. The van der Waals surface area contributed by atoms with Crippen LogP contribution in [0.1, 0.15) is 50.7 Å². The second kappa shape index (κ2) is 8.60. The van der Waals surface area contributed by atoms with Crippen LogP contribution >= 0.6 is 0 Å². The Balaban J connectivity index is 1.51. The van der Waals surface area contributed by atoms with Gasteiger partial charge in [-0.25, -0.2) is 4.79 Å². The Bertz CT molecular complexity index is 831. The average molecular weight is 395 g/mol. The first-order chi connectivity index (χ1) is 13.7. The molecule has 1 aliphatic carbocycles. The SMILES string of the molecule is C=CC(c1ccc(O)cc1)c1ccc(OC2CC(NC(=O)OC(C)(C)C)C2)cc1. The number of hydrogen-bond donors (Lipinski definition) is 2. The summed E-state index contributed by atoms with van der Waals surface area (Å²) in [7, 11) is 0. The van der Waals surface area contributed by atoms with Crippen LogP contribution < -0.4 is 10.1 Å². The van der Waals surface area contributed by atoms with E-state index in [-0.39, 0.29) is 29.9 Å². The van der Waals surface area contributed by atoms with Crippen LogP contribution in [-0.4, -0.2) is 28.9 Å². The van der Waals surface area contributed by atoms with Gasteiger partial charge in [-0.1, -0.05) is 30.3 Å². The highest BCUT2D eigenvalue weighted by Crippen LogP contribution is 2.30. The molecule has 0 bridgehead atoms. The number of alkyl carbamates (subject to hydrolysis) is 1. The Morgan fingerprint density at radius 2 is 1.66 bits per heavy atom. The van der Waals surface area contributed by atoms with E-state index in [4.69, 9.17) is 9.47 Å². The Hall–Kier alpha value is -2.95. The van der Waals surface area contributed by atoms with Crippen molar-refractivity contribution in [3.8, 4) is 11.5 Å². The molecule has 5 nitrogen and oxygen atoms in total. The fourth-order valence-corrected chi connectivity index (χ4v) is 3.35. The zero-order valence-electron chi connectivity index (χ0n) is 17.2. The van der Waals surface area contributed by atoms with E-state index in [1.165, 1.54) is 0 Å². The van der Waals surface area contributed by atoms with Crippen LogP contribution in [0.3, 0.4) is 0 Å². The van der Waals surface area contributed by atoms with Gasteiger partial charge in [0.15, 0.2) is 0 Å². The molecule has 0 saturated heterocycles. The van der Waals surface area contributed by atoms with Crippen molar-refractivity contribution in [2.75, 3.05) is 0 Å². The second-order valence-corrected chi connectivity index (χ2v) is 8.43. The minimum atomic E-state index is -0.491. The van der Waals surface area contributed by atoms with Crippen molar-refractivity contribution < 1.29 is 19.4 Å².